The van der Waals surface area contributed by atoms with Crippen molar-refractivity contribution < 1.29 is 22.8 Å². The van der Waals surface area contributed by atoms with Gasteiger partial charge in [-0.15, -0.1) is 0 Å². The first-order valence-corrected chi connectivity index (χ1v) is 6.02. The topological polar surface area (TPSA) is 62.0 Å². The first-order valence-electron chi connectivity index (χ1n) is 5.65. The quantitative estimate of drug-likeness (QED) is 0.672. The summed E-state index contributed by atoms with van der Waals surface area (Å²) < 4.78 is 38.0. The number of halogens is 4. The van der Waals surface area contributed by atoms with Crippen LogP contribution in [0.25, 0.3) is 0 Å². The van der Waals surface area contributed by atoms with E-state index in [1.54, 1.807) is 0 Å². The van der Waals surface area contributed by atoms with Crippen molar-refractivity contribution in [2.45, 2.75) is 6.18 Å². The number of anilines is 1. The van der Waals surface area contributed by atoms with E-state index in [2.05, 4.69) is 10.3 Å². The molecule has 0 fully saturated rings. The van der Waals surface area contributed by atoms with Gasteiger partial charge in [-0.1, -0.05) is 11.6 Å². The van der Waals surface area contributed by atoms with Crippen LogP contribution >= 0.6 is 11.6 Å². The number of H-pyrrole nitrogens is 1. The molecule has 0 radical (unpaired) electrons. The Hall–Kier alpha value is -2.28. The monoisotopic (exact) mass is 316 g/mol. The van der Waals surface area contributed by atoms with Gasteiger partial charge in [0.15, 0.2) is 0 Å². The number of aromatic amines is 1. The minimum Gasteiger partial charge on any atom is -0.358 e. The van der Waals surface area contributed by atoms with E-state index in [9.17, 15) is 22.8 Å². The summed E-state index contributed by atoms with van der Waals surface area (Å²) in [4.78, 5) is 25.9. The molecule has 2 aromatic rings. The number of alkyl halides is 3. The maximum absolute atomic E-state index is 12.7. The van der Waals surface area contributed by atoms with E-state index in [-0.39, 0.29) is 11.4 Å². The lowest BCUT2D eigenvalue weighted by molar-refractivity contribution is -0.137. The highest BCUT2D eigenvalue weighted by Gasteiger charge is 2.33. The summed E-state index contributed by atoms with van der Waals surface area (Å²) in [6.45, 7) is 0. The Balaban J connectivity index is 2.21. The number of aromatic nitrogens is 1. The fourth-order valence-electron chi connectivity index (χ4n) is 1.60. The molecule has 0 bridgehead atoms. The Morgan fingerprint density at radius 1 is 1.19 bits per heavy atom. The summed E-state index contributed by atoms with van der Waals surface area (Å²) in [7, 11) is 0. The molecular weight excluding hydrogens is 309 g/mol. The normalized spacial score (nSPS) is 11.2. The highest BCUT2D eigenvalue weighted by Crippen LogP contribution is 2.36. The number of ketones is 1. The number of carbonyl (C=O) groups excluding carboxylic acids is 2. The lowest BCUT2D eigenvalue weighted by atomic mass is 10.2. The lowest BCUT2D eigenvalue weighted by Crippen LogP contribution is -2.23. The number of nitrogens with one attached hydrogen (secondary N) is 2. The van der Waals surface area contributed by atoms with Gasteiger partial charge in [-0.05, 0) is 30.3 Å². The second-order valence-corrected chi connectivity index (χ2v) is 4.47. The molecule has 1 aromatic carbocycles. The number of carbonyl (C=O) groups is 2. The highest BCUT2D eigenvalue weighted by atomic mass is 35.5. The molecule has 0 aliphatic carbocycles. The Bertz CT molecular complexity index is 681. The van der Waals surface area contributed by atoms with Crippen LogP contribution in [0.15, 0.2) is 36.5 Å². The molecule has 0 saturated heterocycles. The standard InChI is InChI=1S/C13H8ClF3N2O2/c14-9-4-3-7(6-8(9)13(15,16)17)19-12(21)11(20)10-2-1-5-18-10/h1-6,18H,(H,19,21). The van der Waals surface area contributed by atoms with Gasteiger partial charge < -0.3 is 10.3 Å². The van der Waals surface area contributed by atoms with Crippen LogP contribution in [0.3, 0.4) is 0 Å². The van der Waals surface area contributed by atoms with Crippen molar-refractivity contribution in [1.29, 1.82) is 0 Å². The maximum atomic E-state index is 12.7. The second-order valence-electron chi connectivity index (χ2n) is 4.06. The van der Waals surface area contributed by atoms with Gasteiger partial charge in [-0.25, -0.2) is 0 Å². The van der Waals surface area contributed by atoms with E-state index in [0.717, 1.165) is 6.07 Å². The number of Topliss-reactive ketones (excluding diaryl/α,β-unsaturated/α-hetero) is 1. The predicted octanol–water partition coefficient (Wildman–Crippen LogP) is 3.51. The molecule has 4 nitrogen and oxygen atoms in total. The van der Waals surface area contributed by atoms with Crippen molar-refractivity contribution in [3.05, 3.63) is 52.8 Å². The van der Waals surface area contributed by atoms with Crippen LogP contribution in [0.1, 0.15) is 16.1 Å². The second kappa shape index (κ2) is 5.61. The summed E-state index contributed by atoms with van der Waals surface area (Å²) in [6.07, 6.45) is -3.20. The third-order valence-corrected chi connectivity index (χ3v) is 2.91. The summed E-state index contributed by atoms with van der Waals surface area (Å²) in [5.74, 6) is -1.93. The largest absolute Gasteiger partial charge is 0.417 e. The van der Waals surface area contributed by atoms with Crippen molar-refractivity contribution in [2.24, 2.45) is 0 Å². The molecule has 21 heavy (non-hydrogen) atoms. The van der Waals surface area contributed by atoms with Crippen LogP contribution in [0.5, 0.6) is 0 Å². The minimum absolute atomic E-state index is 0.0394. The molecule has 0 atom stereocenters. The highest BCUT2D eigenvalue weighted by molar-refractivity contribution is 6.46. The van der Waals surface area contributed by atoms with E-state index in [1.165, 1.54) is 24.4 Å². The van der Waals surface area contributed by atoms with Gasteiger partial charge in [0.2, 0.25) is 0 Å². The zero-order valence-electron chi connectivity index (χ0n) is 10.3. The molecule has 1 amide bonds. The van der Waals surface area contributed by atoms with E-state index >= 15 is 0 Å². The van der Waals surface area contributed by atoms with Gasteiger partial charge in [0.1, 0.15) is 0 Å². The molecule has 0 saturated carbocycles. The van der Waals surface area contributed by atoms with Gasteiger partial charge in [0, 0.05) is 11.9 Å². The summed E-state index contributed by atoms with van der Waals surface area (Å²) in [5.41, 5.74) is -1.22. The first kappa shape index (κ1) is 15.1. The molecule has 2 N–H and O–H groups in total. The summed E-state index contributed by atoms with van der Waals surface area (Å²) >= 11 is 5.46. The number of amides is 1. The number of benzene rings is 1. The van der Waals surface area contributed by atoms with Gasteiger partial charge in [0.25, 0.3) is 11.7 Å². The van der Waals surface area contributed by atoms with E-state index in [0.29, 0.717) is 6.07 Å². The van der Waals surface area contributed by atoms with Gasteiger partial charge >= 0.3 is 6.18 Å². The summed E-state index contributed by atoms with van der Waals surface area (Å²) in [5, 5.41) is 1.61. The van der Waals surface area contributed by atoms with E-state index in [4.69, 9.17) is 11.6 Å². The van der Waals surface area contributed by atoms with Gasteiger partial charge in [-0.2, -0.15) is 13.2 Å². The molecule has 2 rings (SSSR count). The smallest absolute Gasteiger partial charge is 0.358 e. The fourth-order valence-corrected chi connectivity index (χ4v) is 1.83. The molecule has 110 valence electrons. The molecule has 0 aliphatic heterocycles. The van der Waals surface area contributed by atoms with Crippen molar-refractivity contribution in [1.82, 2.24) is 4.98 Å². The molecule has 1 aromatic heterocycles. The number of rotatable bonds is 3. The Labute approximate surface area is 121 Å². The molecule has 8 heteroatoms. The van der Waals surface area contributed by atoms with Crippen LogP contribution in [0, 0.1) is 0 Å². The zero-order chi connectivity index (χ0) is 15.6. The molecule has 0 unspecified atom stereocenters. The van der Waals surface area contributed by atoms with Gasteiger partial charge in [-0.3, -0.25) is 9.59 Å². The zero-order valence-corrected chi connectivity index (χ0v) is 11.0. The van der Waals surface area contributed by atoms with E-state index in [1.807, 2.05) is 0 Å². The van der Waals surface area contributed by atoms with Crippen molar-refractivity contribution in [3.8, 4) is 0 Å². The van der Waals surface area contributed by atoms with E-state index < -0.39 is 28.5 Å². The Morgan fingerprint density at radius 3 is 2.48 bits per heavy atom. The van der Waals surface area contributed by atoms with Crippen LogP contribution in [0.2, 0.25) is 5.02 Å². The lowest BCUT2D eigenvalue weighted by Gasteiger charge is -2.11. The van der Waals surface area contributed by atoms with Crippen molar-refractivity contribution in [2.75, 3.05) is 5.32 Å². The number of hydrogen-bond acceptors (Lipinski definition) is 2. The minimum atomic E-state index is -4.65. The maximum Gasteiger partial charge on any atom is 0.417 e. The Kier molecular flexibility index (Phi) is 4.04. The predicted molar refractivity (Wildman–Crippen MR) is 70.2 cm³/mol. The van der Waals surface area contributed by atoms with Crippen molar-refractivity contribution >= 4 is 29.0 Å². The Morgan fingerprint density at radius 2 is 1.90 bits per heavy atom. The average Bonchev–Trinajstić information content (AvgIpc) is 2.92. The van der Waals surface area contributed by atoms with Crippen LogP contribution in [-0.4, -0.2) is 16.7 Å². The van der Waals surface area contributed by atoms with Crippen LogP contribution in [0.4, 0.5) is 18.9 Å². The average molecular weight is 317 g/mol. The van der Waals surface area contributed by atoms with Crippen molar-refractivity contribution in [3.63, 3.8) is 0 Å². The molecular formula is C13H8ClF3N2O2. The van der Waals surface area contributed by atoms with Gasteiger partial charge in [0.05, 0.1) is 16.3 Å². The SMILES string of the molecule is O=C(Nc1ccc(Cl)c(C(F)(F)F)c1)C(=O)c1ccc[nH]1. The third kappa shape index (κ3) is 3.43. The first-order chi connectivity index (χ1) is 9.79. The fraction of sp³-hybridized carbons (Fsp3) is 0.0769. The third-order valence-electron chi connectivity index (χ3n) is 2.58. The molecule has 0 spiro atoms. The number of hydrogen-bond donors (Lipinski definition) is 2. The summed E-state index contributed by atoms with van der Waals surface area (Å²) in [6, 6.07) is 5.74. The van der Waals surface area contributed by atoms with Crippen LogP contribution in [-0.2, 0) is 11.0 Å². The molecule has 1 heterocycles. The molecule has 0 aliphatic rings. The van der Waals surface area contributed by atoms with Crippen LogP contribution < -0.4 is 5.32 Å².